The lowest BCUT2D eigenvalue weighted by molar-refractivity contribution is -0.0966. The third-order valence-corrected chi connectivity index (χ3v) is 7.32. The summed E-state index contributed by atoms with van der Waals surface area (Å²) in [6.07, 6.45) is 2.25. The summed E-state index contributed by atoms with van der Waals surface area (Å²) in [6, 6.07) is 5.10. The average Bonchev–Trinajstić information content (AvgIpc) is 3.15. The summed E-state index contributed by atoms with van der Waals surface area (Å²) in [6.45, 7) is 3.25. The van der Waals surface area contributed by atoms with Crippen molar-refractivity contribution in [3.8, 4) is 5.75 Å². The molecule has 1 saturated carbocycles. The van der Waals surface area contributed by atoms with Crippen molar-refractivity contribution in [3.05, 3.63) is 60.1 Å². The summed E-state index contributed by atoms with van der Waals surface area (Å²) in [5, 5.41) is 4.14. The standard InChI is InChI=1S/C22H24F3N5O3S/c1-13-8-19(34(31,32)29-20-5-6-26-12-27-20)15(23)9-17(13)33-18-11-22(24,25)10-14(2)21(18)16-4-7-28-30(16)3/h4-9,12,14,18,21H,10-11H2,1-3H3,(H,26,27,29)/t14-,18+,21-/m1/s1. The maximum Gasteiger partial charge on any atom is 0.265 e. The van der Waals surface area contributed by atoms with Gasteiger partial charge in [-0.1, -0.05) is 6.92 Å². The van der Waals surface area contributed by atoms with Crippen LogP contribution in [-0.4, -0.2) is 40.2 Å². The molecule has 0 saturated heterocycles. The molecule has 0 amide bonds. The minimum absolute atomic E-state index is 0.000513. The number of nitrogens with zero attached hydrogens (tertiary/aromatic N) is 4. The first-order valence-corrected chi connectivity index (χ1v) is 12.1. The molecule has 2 aromatic heterocycles. The number of sulfonamides is 1. The van der Waals surface area contributed by atoms with Gasteiger partial charge in [0, 0.05) is 50.0 Å². The number of rotatable bonds is 6. The van der Waals surface area contributed by atoms with Gasteiger partial charge in [0.05, 0.1) is 0 Å². The van der Waals surface area contributed by atoms with E-state index in [1.54, 1.807) is 30.9 Å². The Morgan fingerprint density at radius 1 is 1.21 bits per heavy atom. The van der Waals surface area contributed by atoms with E-state index < -0.39 is 51.0 Å². The average molecular weight is 496 g/mol. The van der Waals surface area contributed by atoms with Gasteiger partial charge < -0.3 is 4.74 Å². The Balaban J connectivity index is 1.65. The summed E-state index contributed by atoms with van der Waals surface area (Å²) in [4.78, 5) is 6.86. The van der Waals surface area contributed by atoms with Crippen LogP contribution in [0.4, 0.5) is 19.0 Å². The van der Waals surface area contributed by atoms with Gasteiger partial charge in [-0.25, -0.2) is 31.6 Å². The van der Waals surface area contributed by atoms with Crippen LogP contribution in [-0.2, 0) is 17.1 Å². The molecule has 12 heteroatoms. The molecule has 3 atom stereocenters. The van der Waals surface area contributed by atoms with Crippen LogP contribution in [0.1, 0.15) is 36.9 Å². The fourth-order valence-electron chi connectivity index (χ4n) is 4.45. The van der Waals surface area contributed by atoms with Gasteiger partial charge in [-0.2, -0.15) is 5.10 Å². The topological polar surface area (TPSA) is 99.0 Å². The van der Waals surface area contributed by atoms with Gasteiger partial charge in [-0.3, -0.25) is 9.40 Å². The number of hydrogen-bond acceptors (Lipinski definition) is 6. The Kier molecular flexibility index (Phi) is 6.28. The van der Waals surface area contributed by atoms with Crippen LogP contribution in [0.25, 0.3) is 0 Å². The highest BCUT2D eigenvalue weighted by Crippen LogP contribution is 2.46. The van der Waals surface area contributed by atoms with Gasteiger partial charge in [-0.15, -0.1) is 0 Å². The molecular formula is C22H24F3N5O3S. The molecule has 0 spiro atoms. The first-order valence-electron chi connectivity index (χ1n) is 10.6. The van der Waals surface area contributed by atoms with Gasteiger partial charge in [0.1, 0.15) is 34.7 Å². The molecule has 0 radical (unpaired) electrons. The van der Waals surface area contributed by atoms with E-state index >= 15 is 0 Å². The number of aryl methyl sites for hydroxylation is 2. The zero-order valence-electron chi connectivity index (χ0n) is 18.7. The summed E-state index contributed by atoms with van der Waals surface area (Å²) < 4.78 is 79.0. The number of halogens is 3. The Morgan fingerprint density at radius 3 is 2.62 bits per heavy atom. The second-order valence-corrected chi connectivity index (χ2v) is 10.2. The molecule has 2 heterocycles. The van der Waals surface area contributed by atoms with E-state index in [0.29, 0.717) is 0 Å². The number of nitrogens with one attached hydrogen (secondary N) is 1. The van der Waals surface area contributed by atoms with Crippen molar-refractivity contribution < 1.29 is 26.3 Å². The Morgan fingerprint density at radius 2 is 1.97 bits per heavy atom. The molecular weight excluding hydrogens is 471 g/mol. The van der Waals surface area contributed by atoms with Crippen molar-refractivity contribution in [2.45, 2.75) is 49.5 Å². The number of benzene rings is 1. The van der Waals surface area contributed by atoms with Crippen LogP contribution in [0.5, 0.6) is 5.75 Å². The van der Waals surface area contributed by atoms with Crippen LogP contribution in [0, 0.1) is 18.7 Å². The quantitative estimate of drug-likeness (QED) is 0.554. The van der Waals surface area contributed by atoms with E-state index in [9.17, 15) is 21.6 Å². The molecule has 1 N–H and O–H groups in total. The lowest BCUT2D eigenvalue weighted by Crippen LogP contribution is -2.43. The molecule has 1 aromatic carbocycles. The minimum Gasteiger partial charge on any atom is -0.489 e. The molecule has 0 bridgehead atoms. The maximum absolute atomic E-state index is 15.0. The van der Waals surface area contributed by atoms with Crippen molar-refractivity contribution >= 4 is 15.8 Å². The molecule has 3 aromatic rings. The Labute approximate surface area is 195 Å². The van der Waals surface area contributed by atoms with E-state index in [0.717, 1.165) is 24.2 Å². The molecule has 0 unspecified atom stereocenters. The van der Waals surface area contributed by atoms with Crippen LogP contribution in [0.15, 0.2) is 47.9 Å². The van der Waals surface area contributed by atoms with Gasteiger partial charge >= 0.3 is 0 Å². The number of alkyl halides is 2. The Bertz CT molecular complexity index is 1280. The predicted molar refractivity (Wildman–Crippen MR) is 118 cm³/mol. The first kappa shape index (κ1) is 24.0. The SMILES string of the molecule is Cc1cc(S(=O)(=O)Nc2ccncn2)c(F)cc1O[C@H]1CC(F)(F)C[C@@H](C)[C@@H]1c1ccnn1C. The van der Waals surface area contributed by atoms with Crippen LogP contribution >= 0.6 is 0 Å². The lowest BCUT2D eigenvalue weighted by atomic mass is 9.74. The zero-order valence-corrected chi connectivity index (χ0v) is 19.6. The fraction of sp³-hybridized carbons (Fsp3) is 0.409. The summed E-state index contributed by atoms with van der Waals surface area (Å²) in [5.74, 6) is -4.88. The molecule has 1 fully saturated rings. The number of aromatic nitrogens is 4. The third kappa shape index (κ3) is 4.86. The van der Waals surface area contributed by atoms with E-state index in [-0.39, 0.29) is 23.6 Å². The predicted octanol–water partition coefficient (Wildman–Crippen LogP) is 4.05. The highest BCUT2D eigenvalue weighted by molar-refractivity contribution is 7.92. The molecule has 34 heavy (non-hydrogen) atoms. The molecule has 8 nitrogen and oxygen atoms in total. The van der Waals surface area contributed by atoms with Crippen molar-refractivity contribution in [1.29, 1.82) is 0 Å². The molecule has 0 aliphatic heterocycles. The number of ether oxygens (including phenoxy) is 1. The van der Waals surface area contributed by atoms with E-state index in [4.69, 9.17) is 4.74 Å². The first-order chi connectivity index (χ1) is 16.0. The zero-order chi connectivity index (χ0) is 24.7. The lowest BCUT2D eigenvalue weighted by Gasteiger charge is -2.40. The Hall–Kier alpha value is -3.15. The van der Waals surface area contributed by atoms with Gasteiger partial charge in [-0.05, 0) is 36.6 Å². The maximum atomic E-state index is 15.0. The third-order valence-electron chi connectivity index (χ3n) is 5.95. The monoisotopic (exact) mass is 495 g/mol. The van der Waals surface area contributed by atoms with Crippen molar-refractivity contribution in [3.63, 3.8) is 0 Å². The van der Waals surface area contributed by atoms with Crippen molar-refractivity contribution in [2.75, 3.05) is 4.72 Å². The minimum atomic E-state index is -4.30. The summed E-state index contributed by atoms with van der Waals surface area (Å²) in [5.41, 5.74) is 1.02. The fourth-order valence-corrected chi connectivity index (χ4v) is 5.61. The van der Waals surface area contributed by atoms with E-state index in [2.05, 4.69) is 19.8 Å². The molecule has 182 valence electrons. The second-order valence-electron chi connectivity index (χ2n) is 8.55. The van der Waals surface area contributed by atoms with Crippen molar-refractivity contribution in [1.82, 2.24) is 19.7 Å². The van der Waals surface area contributed by atoms with Crippen LogP contribution in [0.3, 0.4) is 0 Å². The second kappa shape index (κ2) is 8.90. The van der Waals surface area contributed by atoms with E-state index in [1.807, 2.05) is 0 Å². The number of hydrogen-bond donors (Lipinski definition) is 1. The smallest absolute Gasteiger partial charge is 0.265 e. The highest BCUT2D eigenvalue weighted by Gasteiger charge is 2.48. The summed E-state index contributed by atoms with van der Waals surface area (Å²) in [7, 11) is -2.57. The van der Waals surface area contributed by atoms with Gasteiger partial charge in [0.15, 0.2) is 0 Å². The van der Waals surface area contributed by atoms with Crippen LogP contribution in [0.2, 0.25) is 0 Å². The van der Waals surface area contributed by atoms with Crippen molar-refractivity contribution in [2.24, 2.45) is 13.0 Å². The largest absolute Gasteiger partial charge is 0.489 e. The normalized spacial score (nSPS) is 22.4. The van der Waals surface area contributed by atoms with Crippen LogP contribution < -0.4 is 9.46 Å². The number of anilines is 1. The summed E-state index contributed by atoms with van der Waals surface area (Å²) >= 11 is 0. The highest BCUT2D eigenvalue weighted by atomic mass is 32.2. The molecule has 4 rings (SSSR count). The van der Waals surface area contributed by atoms with Gasteiger partial charge in [0.2, 0.25) is 0 Å². The van der Waals surface area contributed by atoms with E-state index in [1.165, 1.54) is 19.2 Å². The van der Waals surface area contributed by atoms with Gasteiger partial charge in [0.25, 0.3) is 15.9 Å². The molecule has 1 aliphatic rings. The molecule has 1 aliphatic carbocycles.